The molecule has 0 fully saturated rings. The van der Waals surface area contributed by atoms with Gasteiger partial charge < -0.3 is 4.52 Å². The zero-order valence-electron chi connectivity index (χ0n) is 8.98. The summed E-state index contributed by atoms with van der Waals surface area (Å²) in [5, 5.41) is 1.74. The Kier molecular flexibility index (Phi) is 7.37. The molecule has 0 saturated heterocycles. The Morgan fingerprint density at radius 2 is 1.86 bits per heavy atom. The third-order valence-corrected chi connectivity index (χ3v) is 3.34. The predicted molar refractivity (Wildman–Crippen MR) is 59.2 cm³/mol. The van der Waals surface area contributed by atoms with Gasteiger partial charge in [0, 0.05) is 5.41 Å². The molecule has 0 spiro atoms. The normalized spacial score (nSPS) is 13.0. The smallest absolute Gasteiger partial charge is 0.408 e. The van der Waals surface area contributed by atoms with Crippen LogP contribution in [0, 0.1) is 0 Å². The molecule has 0 amide bonds. The summed E-state index contributed by atoms with van der Waals surface area (Å²) < 4.78 is 26.8. The molecule has 0 atom stereocenters. The van der Waals surface area contributed by atoms with E-state index in [4.69, 9.17) is 13.6 Å². The Labute approximate surface area is 89.6 Å². The summed E-state index contributed by atoms with van der Waals surface area (Å²) in [6.45, 7) is 5.78. The molecule has 0 aliphatic heterocycles. The Morgan fingerprint density at radius 3 is 2.21 bits per heavy atom. The van der Waals surface area contributed by atoms with Crippen molar-refractivity contribution in [2.75, 3.05) is 19.5 Å². The lowest BCUT2D eigenvalue weighted by molar-refractivity contribution is 0.146. The van der Waals surface area contributed by atoms with Crippen molar-refractivity contribution < 1.29 is 18.1 Å². The van der Waals surface area contributed by atoms with Crippen molar-refractivity contribution in [3.63, 3.8) is 0 Å². The molecule has 0 radical (unpaired) electrons. The number of rotatable bonds is 7. The van der Waals surface area contributed by atoms with Crippen LogP contribution in [0.3, 0.4) is 0 Å². The lowest BCUT2D eigenvalue weighted by Crippen LogP contribution is -1.98. The molecule has 0 aromatic rings. The molecule has 0 rings (SSSR count). The maximum Gasteiger partial charge on any atom is 0.529 e. The standard InChI is InChI=1S/C8H17O4PS/c1-5-10-13(9,11-6-2)12-8(3)7-14-4/h7H,5-6H2,1-4H3/b8-7+. The number of hydrogen-bond donors (Lipinski definition) is 0. The fraction of sp³-hybridized carbons (Fsp3) is 0.750. The average Bonchev–Trinajstić information content (AvgIpc) is 2.04. The highest BCUT2D eigenvalue weighted by Gasteiger charge is 2.26. The predicted octanol–water partition coefficient (Wildman–Crippen LogP) is 3.41. The zero-order valence-corrected chi connectivity index (χ0v) is 10.7. The van der Waals surface area contributed by atoms with Crippen LogP contribution in [0.5, 0.6) is 0 Å². The van der Waals surface area contributed by atoms with Crippen LogP contribution in [-0.2, 0) is 18.1 Å². The fourth-order valence-electron chi connectivity index (χ4n) is 0.770. The molecule has 0 saturated carbocycles. The topological polar surface area (TPSA) is 44.8 Å². The van der Waals surface area contributed by atoms with Gasteiger partial charge in [0.15, 0.2) is 0 Å². The third kappa shape index (κ3) is 5.70. The first-order chi connectivity index (χ1) is 6.58. The Bertz CT molecular complexity index is 219. The van der Waals surface area contributed by atoms with E-state index in [0.29, 0.717) is 19.0 Å². The van der Waals surface area contributed by atoms with Gasteiger partial charge in [-0.2, -0.15) is 0 Å². The van der Waals surface area contributed by atoms with E-state index in [2.05, 4.69) is 0 Å². The van der Waals surface area contributed by atoms with Crippen LogP contribution in [0.25, 0.3) is 0 Å². The number of phosphoric acid groups is 1. The second kappa shape index (κ2) is 7.35. The minimum Gasteiger partial charge on any atom is -0.408 e. The quantitative estimate of drug-likeness (QED) is 0.504. The molecule has 0 aliphatic rings. The highest BCUT2D eigenvalue weighted by molar-refractivity contribution is 8.01. The van der Waals surface area contributed by atoms with Crippen LogP contribution in [0.1, 0.15) is 20.8 Å². The molecule has 0 aliphatic carbocycles. The molecule has 0 bridgehead atoms. The van der Waals surface area contributed by atoms with Crippen molar-refractivity contribution in [1.29, 1.82) is 0 Å². The van der Waals surface area contributed by atoms with E-state index in [1.54, 1.807) is 26.2 Å². The van der Waals surface area contributed by atoms with Crippen molar-refractivity contribution in [3.05, 3.63) is 11.2 Å². The summed E-state index contributed by atoms with van der Waals surface area (Å²) in [6.07, 6.45) is 1.89. The van der Waals surface area contributed by atoms with Crippen molar-refractivity contribution in [2.24, 2.45) is 0 Å². The summed E-state index contributed by atoms with van der Waals surface area (Å²) in [4.78, 5) is 0. The molecular weight excluding hydrogens is 223 g/mol. The summed E-state index contributed by atoms with van der Waals surface area (Å²) in [7, 11) is -3.39. The first-order valence-corrected chi connectivity index (χ1v) is 7.11. The van der Waals surface area contributed by atoms with E-state index in [1.807, 2.05) is 6.26 Å². The van der Waals surface area contributed by atoms with E-state index in [-0.39, 0.29) is 0 Å². The number of thioether (sulfide) groups is 1. The molecule has 84 valence electrons. The van der Waals surface area contributed by atoms with E-state index in [9.17, 15) is 4.57 Å². The Morgan fingerprint density at radius 1 is 1.36 bits per heavy atom. The van der Waals surface area contributed by atoms with E-state index >= 15 is 0 Å². The monoisotopic (exact) mass is 240 g/mol. The van der Waals surface area contributed by atoms with Gasteiger partial charge in [-0.05, 0) is 27.0 Å². The minimum absolute atomic E-state index is 0.295. The highest BCUT2D eigenvalue weighted by Crippen LogP contribution is 2.51. The fourth-order valence-corrected chi connectivity index (χ4v) is 2.44. The van der Waals surface area contributed by atoms with Gasteiger partial charge in [-0.15, -0.1) is 11.8 Å². The summed E-state index contributed by atoms with van der Waals surface area (Å²) in [5.41, 5.74) is 0. The first kappa shape index (κ1) is 14.0. The maximum atomic E-state index is 11.8. The zero-order chi connectivity index (χ0) is 11.0. The van der Waals surface area contributed by atoms with Crippen molar-refractivity contribution in [2.45, 2.75) is 20.8 Å². The van der Waals surface area contributed by atoms with Gasteiger partial charge in [-0.1, -0.05) is 0 Å². The average molecular weight is 240 g/mol. The molecule has 0 N–H and O–H groups in total. The van der Waals surface area contributed by atoms with E-state index < -0.39 is 7.82 Å². The van der Waals surface area contributed by atoms with Crippen LogP contribution >= 0.6 is 19.6 Å². The van der Waals surface area contributed by atoms with Gasteiger partial charge in [0.1, 0.15) is 5.76 Å². The Balaban J connectivity index is 4.35. The highest BCUT2D eigenvalue weighted by atomic mass is 32.2. The first-order valence-electron chi connectivity index (χ1n) is 4.36. The summed E-state index contributed by atoms with van der Waals surface area (Å²) >= 11 is 1.47. The van der Waals surface area contributed by atoms with Crippen molar-refractivity contribution >= 4 is 19.6 Å². The van der Waals surface area contributed by atoms with Crippen LogP contribution < -0.4 is 0 Å². The van der Waals surface area contributed by atoms with E-state index in [0.717, 1.165) is 0 Å². The largest absolute Gasteiger partial charge is 0.529 e. The van der Waals surface area contributed by atoms with Gasteiger partial charge in [0.2, 0.25) is 0 Å². The van der Waals surface area contributed by atoms with Gasteiger partial charge in [-0.3, -0.25) is 9.05 Å². The van der Waals surface area contributed by atoms with Gasteiger partial charge in [0.25, 0.3) is 0 Å². The maximum absolute atomic E-state index is 11.8. The summed E-state index contributed by atoms with van der Waals surface area (Å²) in [5.74, 6) is 0.530. The summed E-state index contributed by atoms with van der Waals surface area (Å²) in [6, 6.07) is 0. The minimum atomic E-state index is -3.39. The Hall–Kier alpha value is 0.0400. The number of allylic oxidation sites excluding steroid dienone is 1. The molecule has 0 heterocycles. The molecule has 4 nitrogen and oxygen atoms in total. The molecule has 6 heteroatoms. The number of phosphoric ester groups is 1. The van der Waals surface area contributed by atoms with Crippen LogP contribution in [-0.4, -0.2) is 19.5 Å². The molecule has 0 unspecified atom stereocenters. The lowest BCUT2D eigenvalue weighted by Gasteiger charge is -2.16. The van der Waals surface area contributed by atoms with Gasteiger partial charge >= 0.3 is 7.82 Å². The molecular formula is C8H17O4PS. The molecule has 0 aromatic heterocycles. The van der Waals surface area contributed by atoms with Crippen LogP contribution in [0.2, 0.25) is 0 Å². The lowest BCUT2D eigenvalue weighted by atomic mass is 10.7. The van der Waals surface area contributed by atoms with Gasteiger partial charge in [-0.25, -0.2) is 4.57 Å². The second-order valence-corrected chi connectivity index (χ2v) is 4.64. The van der Waals surface area contributed by atoms with Crippen molar-refractivity contribution in [3.8, 4) is 0 Å². The van der Waals surface area contributed by atoms with Gasteiger partial charge in [0.05, 0.1) is 13.2 Å². The van der Waals surface area contributed by atoms with E-state index in [1.165, 1.54) is 11.8 Å². The second-order valence-electron chi connectivity index (χ2n) is 2.34. The number of hydrogen-bond acceptors (Lipinski definition) is 5. The van der Waals surface area contributed by atoms with Crippen LogP contribution in [0.4, 0.5) is 0 Å². The molecule has 14 heavy (non-hydrogen) atoms. The third-order valence-electron chi connectivity index (χ3n) is 1.11. The molecule has 0 aromatic carbocycles. The van der Waals surface area contributed by atoms with Crippen LogP contribution in [0.15, 0.2) is 11.2 Å². The SMILES string of the molecule is CCOP(=O)(OCC)O/C(C)=C/SC. The van der Waals surface area contributed by atoms with Crippen molar-refractivity contribution in [1.82, 2.24) is 0 Å².